The fraction of sp³-hybridized carbons (Fsp3) is 0.875. The number of aliphatic hydroxyl groups is 2. The van der Waals surface area contributed by atoms with Crippen molar-refractivity contribution in [3.8, 4) is 0 Å². The van der Waals surface area contributed by atoms with Gasteiger partial charge in [-0.3, -0.25) is 0 Å². The summed E-state index contributed by atoms with van der Waals surface area (Å²) in [5, 5.41) is 27.8. The molecule has 0 aromatic carbocycles. The minimum absolute atomic E-state index is 1.12. The van der Waals surface area contributed by atoms with Crippen molar-refractivity contribution in [1.29, 1.82) is 0 Å². The fourth-order valence-corrected chi connectivity index (χ4v) is 1.49. The van der Waals surface area contributed by atoms with E-state index in [1.807, 2.05) is 0 Å². The van der Waals surface area contributed by atoms with Crippen LogP contribution in [0.4, 0.5) is 0 Å². The zero-order valence-corrected chi connectivity index (χ0v) is 8.36. The van der Waals surface area contributed by atoms with Gasteiger partial charge in [-0.25, -0.2) is 4.79 Å². The number of hydrogen-bond acceptors (Lipinski definition) is 6. The average Bonchev–Trinajstić information content (AvgIpc) is 2.21. The first-order valence-corrected chi connectivity index (χ1v) is 4.33. The highest BCUT2D eigenvalue weighted by Gasteiger charge is 2.48. The topological polar surface area (TPSA) is 105 Å². The highest BCUT2D eigenvalue weighted by Crippen LogP contribution is 2.23. The second kappa shape index (κ2) is 4.86. The van der Waals surface area contributed by atoms with Crippen LogP contribution < -0.4 is 0 Å². The van der Waals surface area contributed by atoms with Gasteiger partial charge in [0.05, 0.1) is 0 Å². The van der Waals surface area contributed by atoms with Gasteiger partial charge in [-0.1, -0.05) is 0 Å². The monoisotopic (exact) mass is 222 g/mol. The van der Waals surface area contributed by atoms with Crippen LogP contribution in [-0.2, 0) is 19.0 Å². The molecule has 7 nitrogen and oxygen atoms in total. The molecular weight excluding hydrogens is 208 g/mol. The van der Waals surface area contributed by atoms with Gasteiger partial charge >= 0.3 is 5.97 Å². The van der Waals surface area contributed by atoms with Gasteiger partial charge in [0.25, 0.3) is 0 Å². The number of carboxylic acids is 1. The molecule has 0 radical (unpaired) electrons. The highest BCUT2D eigenvalue weighted by atomic mass is 16.7. The van der Waals surface area contributed by atoms with Crippen molar-refractivity contribution in [1.82, 2.24) is 0 Å². The van der Waals surface area contributed by atoms with Gasteiger partial charge in [0.15, 0.2) is 12.4 Å². The minimum Gasteiger partial charge on any atom is -0.479 e. The van der Waals surface area contributed by atoms with E-state index in [9.17, 15) is 15.0 Å². The van der Waals surface area contributed by atoms with Crippen LogP contribution in [0.25, 0.3) is 0 Å². The van der Waals surface area contributed by atoms with Crippen molar-refractivity contribution in [2.75, 3.05) is 14.2 Å². The Morgan fingerprint density at radius 3 is 2.20 bits per heavy atom. The summed E-state index contributed by atoms with van der Waals surface area (Å²) in [4.78, 5) is 10.8. The molecule has 2 unspecified atom stereocenters. The Morgan fingerprint density at radius 1 is 1.20 bits per heavy atom. The summed E-state index contributed by atoms with van der Waals surface area (Å²) in [7, 11) is 2.47. The molecule has 1 aliphatic rings. The van der Waals surface area contributed by atoms with Crippen molar-refractivity contribution < 1.29 is 34.3 Å². The number of aliphatic carboxylic acids is 1. The summed E-state index contributed by atoms with van der Waals surface area (Å²) < 4.78 is 14.4. The highest BCUT2D eigenvalue weighted by molar-refractivity contribution is 5.73. The first-order valence-electron chi connectivity index (χ1n) is 4.33. The summed E-state index contributed by atoms with van der Waals surface area (Å²) in [5.74, 6) is -1.28. The lowest BCUT2D eigenvalue weighted by molar-refractivity contribution is -0.290. The SMILES string of the molecule is CO[C@@H]1OC(C(=O)O)[C@@H](OC)[C@@H](O)C1O. The second-order valence-corrected chi connectivity index (χ2v) is 3.18. The van der Waals surface area contributed by atoms with Gasteiger partial charge in [-0.2, -0.15) is 0 Å². The van der Waals surface area contributed by atoms with Crippen LogP contribution in [0.2, 0.25) is 0 Å². The maximum absolute atomic E-state index is 10.8. The number of hydrogen-bond donors (Lipinski definition) is 3. The Balaban J connectivity index is 2.84. The summed E-state index contributed by atoms with van der Waals surface area (Å²) in [5.41, 5.74) is 0. The van der Waals surface area contributed by atoms with E-state index in [0.29, 0.717) is 0 Å². The molecule has 0 aromatic heterocycles. The zero-order valence-electron chi connectivity index (χ0n) is 8.36. The molecule has 0 bridgehead atoms. The lowest BCUT2D eigenvalue weighted by atomic mass is 9.99. The van der Waals surface area contributed by atoms with E-state index in [1.54, 1.807) is 0 Å². The van der Waals surface area contributed by atoms with Crippen LogP contribution in [0.15, 0.2) is 0 Å². The number of ether oxygens (including phenoxy) is 3. The third-order valence-electron chi connectivity index (χ3n) is 2.29. The van der Waals surface area contributed by atoms with Crippen molar-refractivity contribution in [2.24, 2.45) is 0 Å². The molecule has 3 N–H and O–H groups in total. The summed E-state index contributed by atoms with van der Waals surface area (Å²) in [6.07, 6.45) is -6.36. The molecule has 0 aromatic rings. The normalized spacial score (nSPS) is 41.5. The molecule has 1 aliphatic heterocycles. The average molecular weight is 222 g/mol. The molecule has 15 heavy (non-hydrogen) atoms. The number of carboxylic acid groups (broad SMARTS) is 1. The first kappa shape index (κ1) is 12.3. The zero-order chi connectivity index (χ0) is 11.6. The number of rotatable bonds is 3. The third kappa shape index (κ3) is 2.27. The predicted molar refractivity (Wildman–Crippen MR) is 46.1 cm³/mol. The lowest BCUT2D eigenvalue weighted by Crippen LogP contribution is -2.60. The molecule has 7 heteroatoms. The maximum atomic E-state index is 10.8. The predicted octanol–water partition coefficient (Wildman–Crippen LogP) is -1.82. The van der Waals surface area contributed by atoms with Crippen LogP contribution in [0.3, 0.4) is 0 Å². The van der Waals surface area contributed by atoms with Gasteiger partial charge in [0.2, 0.25) is 0 Å². The van der Waals surface area contributed by atoms with Crippen molar-refractivity contribution >= 4 is 5.97 Å². The third-order valence-corrected chi connectivity index (χ3v) is 2.29. The number of aliphatic hydroxyl groups excluding tert-OH is 2. The van der Waals surface area contributed by atoms with E-state index in [0.717, 1.165) is 0 Å². The van der Waals surface area contributed by atoms with Gasteiger partial charge < -0.3 is 29.5 Å². The molecule has 0 amide bonds. The van der Waals surface area contributed by atoms with Crippen LogP contribution in [-0.4, -0.2) is 66.2 Å². The lowest BCUT2D eigenvalue weighted by Gasteiger charge is -2.39. The summed E-state index contributed by atoms with van der Waals surface area (Å²) >= 11 is 0. The van der Waals surface area contributed by atoms with Gasteiger partial charge in [0, 0.05) is 14.2 Å². The molecule has 88 valence electrons. The smallest absolute Gasteiger partial charge is 0.335 e. The Hall–Kier alpha value is -0.730. The Labute approximate surface area is 86.2 Å². The molecule has 1 heterocycles. The molecule has 1 saturated heterocycles. The molecule has 0 spiro atoms. The largest absolute Gasteiger partial charge is 0.479 e. The van der Waals surface area contributed by atoms with E-state index < -0.39 is 36.7 Å². The van der Waals surface area contributed by atoms with E-state index in [2.05, 4.69) is 0 Å². The molecule has 1 rings (SSSR count). The van der Waals surface area contributed by atoms with Crippen molar-refractivity contribution in [2.45, 2.75) is 30.7 Å². The van der Waals surface area contributed by atoms with Crippen LogP contribution in [0.5, 0.6) is 0 Å². The van der Waals surface area contributed by atoms with Crippen molar-refractivity contribution in [3.05, 3.63) is 0 Å². The molecule has 0 saturated carbocycles. The molecule has 1 fully saturated rings. The number of methoxy groups -OCH3 is 2. The van der Waals surface area contributed by atoms with Crippen LogP contribution in [0.1, 0.15) is 0 Å². The van der Waals surface area contributed by atoms with E-state index in [1.165, 1.54) is 14.2 Å². The van der Waals surface area contributed by atoms with Crippen LogP contribution in [0, 0.1) is 0 Å². The Bertz CT molecular complexity index is 231. The van der Waals surface area contributed by atoms with Gasteiger partial charge in [-0.05, 0) is 0 Å². The van der Waals surface area contributed by atoms with Gasteiger partial charge in [-0.15, -0.1) is 0 Å². The maximum Gasteiger partial charge on any atom is 0.335 e. The van der Waals surface area contributed by atoms with E-state index >= 15 is 0 Å². The summed E-state index contributed by atoms with van der Waals surface area (Å²) in [6.45, 7) is 0. The van der Waals surface area contributed by atoms with E-state index in [-0.39, 0.29) is 0 Å². The number of carbonyl (C=O) groups is 1. The Kier molecular flexibility index (Phi) is 4.00. The standard InChI is InChI=1S/C8H14O7/c1-13-5-3(9)4(10)8(14-2)15-6(5)7(11)12/h3-6,8-10H,1-2H3,(H,11,12)/t3-,4?,5-,6?,8+/m0/s1. The minimum atomic E-state index is -1.37. The quantitative estimate of drug-likeness (QED) is 0.516. The first-order chi connectivity index (χ1) is 7.02. The summed E-state index contributed by atoms with van der Waals surface area (Å²) in [6, 6.07) is 0. The second-order valence-electron chi connectivity index (χ2n) is 3.18. The van der Waals surface area contributed by atoms with E-state index in [4.69, 9.17) is 19.3 Å². The molecule has 0 aliphatic carbocycles. The van der Waals surface area contributed by atoms with Crippen molar-refractivity contribution in [3.63, 3.8) is 0 Å². The molecular formula is C8H14O7. The van der Waals surface area contributed by atoms with Gasteiger partial charge in [0.1, 0.15) is 18.3 Å². The van der Waals surface area contributed by atoms with Crippen LogP contribution >= 0.6 is 0 Å². The molecule has 5 atom stereocenters. The Morgan fingerprint density at radius 2 is 1.80 bits per heavy atom. The fourth-order valence-electron chi connectivity index (χ4n) is 1.49.